The SMILES string of the molecule is Cc1cc(C)n(-c2nc(N/N=C\c3c(O)ccc4ccccc34)nc(Nc3ccccc3)n2)n1. The molecule has 9 nitrogen and oxygen atoms in total. The van der Waals surface area contributed by atoms with Crippen molar-refractivity contribution in [3.63, 3.8) is 0 Å². The van der Waals surface area contributed by atoms with E-state index in [0.29, 0.717) is 17.5 Å². The molecule has 0 unspecified atom stereocenters. The second-order valence-electron chi connectivity index (χ2n) is 7.70. The van der Waals surface area contributed by atoms with Crippen LogP contribution in [-0.2, 0) is 0 Å². The normalized spacial score (nSPS) is 11.2. The molecular formula is C25H22N8O. The van der Waals surface area contributed by atoms with Crippen LogP contribution < -0.4 is 10.7 Å². The van der Waals surface area contributed by atoms with Crippen molar-refractivity contribution in [2.24, 2.45) is 5.10 Å². The predicted molar refractivity (Wildman–Crippen MR) is 133 cm³/mol. The first kappa shape index (κ1) is 21.1. The molecule has 0 radical (unpaired) electrons. The number of hydrogen-bond acceptors (Lipinski definition) is 8. The zero-order chi connectivity index (χ0) is 23.5. The van der Waals surface area contributed by atoms with Crippen LogP contribution in [0.1, 0.15) is 17.0 Å². The van der Waals surface area contributed by atoms with Gasteiger partial charge in [0.15, 0.2) is 0 Å². The van der Waals surface area contributed by atoms with Crippen LogP contribution >= 0.6 is 0 Å². The number of aromatic hydroxyl groups is 1. The van der Waals surface area contributed by atoms with Crippen LogP contribution in [0.2, 0.25) is 0 Å². The summed E-state index contributed by atoms with van der Waals surface area (Å²) in [4.78, 5) is 13.5. The molecule has 3 aromatic carbocycles. The van der Waals surface area contributed by atoms with E-state index < -0.39 is 0 Å². The third kappa shape index (κ3) is 4.40. The van der Waals surface area contributed by atoms with Crippen molar-refractivity contribution in [3.8, 4) is 11.7 Å². The molecule has 168 valence electrons. The maximum atomic E-state index is 10.4. The van der Waals surface area contributed by atoms with Gasteiger partial charge in [0.05, 0.1) is 11.9 Å². The van der Waals surface area contributed by atoms with Gasteiger partial charge in [-0.25, -0.2) is 10.1 Å². The molecule has 2 aromatic heterocycles. The Balaban J connectivity index is 1.49. The summed E-state index contributed by atoms with van der Waals surface area (Å²) in [6, 6.07) is 22.9. The maximum absolute atomic E-state index is 10.4. The van der Waals surface area contributed by atoms with Crippen LogP contribution in [0.3, 0.4) is 0 Å². The van der Waals surface area contributed by atoms with E-state index in [0.717, 1.165) is 27.8 Å². The highest BCUT2D eigenvalue weighted by Gasteiger charge is 2.12. The Hall–Kier alpha value is -4.79. The average Bonchev–Trinajstić information content (AvgIpc) is 3.19. The Bertz CT molecular complexity index is 1490. The first-order chi connectivity index (χ1) is 16.6. The van der Waals surface area contributed by atoms with Crippen LogP contribution in [0, 0.1) is 13.8 Å². The van der Waals surface area contributed by atoms with Gasteiger partial charge in [-0.05, 0) is 48.9 Å². The number of nitrogens with one attached hydrogen (secondary N) is 2. The van der Waals surface area contributed by atoms with Gasteiger partial charge in [-0.3, -0.25) is 0 Å². The summed E-state index contributed by atoms with van der Waals surface area (Å²) in [6.07, 6.45) is 1.55. The van der Waals surface area contributed by atoms with E-state index in [9.17, 15) is 5.11 Å². The number of hydrazone groups is 1. The molecule has 0 saturated carbocycles. The number of benzene rings is 3. The molecule has 5 aromatic rings. The number of aryl methyl sites for hydroxylation is 2. The molecule has 0 amide bonds. The lowest BCUT2D eigenvalue weighted by Crippen LogP contribution is -2.11. The highest BCUT2D eigenvalue weighted by atomic mass is 16.3. The first-order valence-corrected chi connectivity index (χ1v) is 10.7. The fraction of sp³-hybridized carbons (Fsp3) is 0.0800. The fourth-order valence-corrected chi connectivity index (χ4v) is 3.62. The topological polar surface area (TPSA) is 113 Å². The zero-order valence-electron chi connectivity index (χ0n) is 18.6. The standard InChI is InChI=1S/C25H22N8O/c1-16-14-17(2)33(32-16)25-29-23(27-19-9-4-3-5-10-19)28-24(30-25)31-26-15-21-20-11-7-6-8-18(20)12-13-22(21)34/h3-15,34H,1-2H3,(H2,27,28,29,30,31)/b26-15-. The average molecular weight is 451 g/mol. The van der Waals surface area contributed by atoms with E-state index >= 15 is 0 Å². The number of aromatic nitrogens is 5. The highest BCUT2D eigenvalue weighted by Crippen LogP contribution is 2.25. The van der Waals surface area contributed by atoms with E-state index in [1.165, 1.54) is 0 Å². The zero-order valence-corrected chi connectivity index (χ0v) is 18.6. The van der Waals surface area contributed by atoms with E-state index in [1.807, 2.05) is 80.6 Å². The Kier molecular flexibility index (Phi) is 5.57. The lowest BCUT2D eigenvalue weighted by molar-refractivity contribution is 0.475. The number of nitrogens with zero attached hydrogens (tertiary/aromatic N) is 6. The third-order valence-corrected chi connectivity index (χ3v) is 5.16. The van der Waals surface area contributed by atoms with E-state index in [1.54, 1.807) is 17.0 Å². The Morgan fingerprint density at radius 1 is 0.882 bits per heavy atom. The second-order valence-corrected chi connectivity index (χ2v) is 7.70. The van der Waals surface area contributed by atoms with Gasteiger partial charge in [0.2, 0.25) is 11.9 Å². The number of hydrogen-bond donors (Lipinski definition) is 3. The summed E-state index contributed by atoms with van der Waals surface area (Å²) in [5, 5.41) is 24.2. The summed E-state index contributed by atoms with van der Waals surface area (Å²) in [7, 11) is 0. The van der Waals surface area contributed by atoms with Gasteiger partial charge in [-0.1, -0.05) is 48.5 Å². The molecule has 3 N–H and O–H groups in total. The van der Waals surface area contributed by atoms with Crippen LogP contribution in [0.5, 0.6) is 5.75 Å². The molecule has 5 rings (SSSR count). The van der Waals surface area contributed by atoms with Crippen LogP contribution in [0.25, 0.3) is 16.7 Å². The van der Waals surface area contributed by atoms with Crippen molar-refractivity contribution in [3.05, 3.63) is 89.7 Å². The summed E-state index contributed by atoms with van der Waals surface area (Å²) in [5.74, 6) is 1.06. The Morgan fingerprint density at radius 2 is 1.65 bits per heavy atom. The van der Waals surface area contributed by atoms with Crippen molar-refractivity contribution >= 4 is 34.6 Å². The van der Waals surface area contributed by atoms with E-state index in [-0.39, 0.29) is 11.7 Å². The molecule has 34 heavy (non-hydrogen) atoms. The van der Waals surface area contributed by atoms with Gasteiger partial charge in [-0.2, -0.15) is 25.2 Å². The summed E-state index contributed by atoms with van der Waals surface area (Å²) in [6.45, 7) is 3.84. The predicted octanol–water partition coefficient (Wildman–Crippen LogP) is 4.72. The molecule has 0 atom stereocenters. The van der Waals surface area contributed by atoms with Crippen LogP contribution in [0.15, 0.2) is 77.9 Å². The summed E-state index contributed by atoms with van der Waals surface area (Å²) in [5.41, 5.74) is 6.05. The second kappa shape index (κ2) is 8.99. The Morgan fingerprint density at radius 3 is 2.44 bits per heavy atom. The largest absolute Gasteiger partial charge is 0.507 e. The van der Waals surface area contributed by atoms with Gasteiger partial charge >= 0.3 is 0 Å². The molecule has 0 aliphatic rings. The minimum Gasteiger partial charge on any atom is -0.507 e. The van der Waals surface area contributed by atoms with Gasteiger partial charge in [-0.15, -0.1) is 0 Å². The molecule has 0 aliphatic carbocycles. The monoisotopic (exact) mass is 450 g/mol. The van der Waals surface area contributed by atoms with E-state index in [2.05, 4.69) is 35.9 Å². The van der Waals surface area contributed by atoms with Crippen molar-refractivity contribution in [1.82, 2.24) is 24.7 Å². The molecule has 0 saturated heterocycles. The molecule has 9 heteroatoms. The van der Waals surface area contributed by atoms with Gasteiger partial charge in [0.25, 0.3) is 5.95 Å². The number of phenols is 1. The quantitative estimate of drug-likeness (QED) is 0.253. The molecular weight excluding hydrogens is 428 g/mol. The third-order valence-electron chi connectivity index (χ3n) is 5.16. The maximum Gasteiger partial charge on any atom is 0.257 e. The number of fused-ring (bicyclic) bond motifs is 1. The number of anilines is 3. The van der Waals surface area contributed by atoms with Gasteiger partial charge in [0, 0.05) is 16.9 Å². The van der Waals surface area contributed by atoms with Crippen molar-refractivity contribution in [2.45, 2.75) is 13.8 Å². The molecule has 0 spiro atoms. The van der Waals surface area contributed by atoms with Crippen molar-refractivity contribution < 1.29 is 5.11 Å². The lowest BCUT2D eigenvalue weighted by Gasteiger charge is -2.09. The van der Waals surface area contributed by atoms with Gasteiger partial charge < -0.3 is 10.4 Å². The summed E-state index contributed by atoms with van der Waals surface area (Å²) < 4.78 is 1.65. The smallest absolute Gasteiger partial charge is 0.257 e. The fourth-order valence-electron chi connectivity index (χ4n) is 3.62. The molecule has 0 fully saturated rings. The van der Waals surface area contributed by atoms with Crippen molar-refractivity contribution in [2.75, 3.05) is 10.7 Å². The van der Waals surface area contributed by atoms with Crippen LogP contribution in [-0.4, -0.2) is 36.1 Å². The number of phenolic OH excluding ortho intramolecular Hbond substituents is 1. The van der Waals surface area contributed by atoms with Crippen LogP contribution in [0.4, 0.5) is 17.6 Å². The minimum absolute atomic E-state index is 0.134. The number of rotatable bonds is 6. The lowest BCUT2D eigenvalue weighted by atomic mass is 10.0. The van der Waals surface area contributed by atoms with E-state index in [4.69, 9.17) is 0 Å². The molecule has 2 heterocycles. The highest BCUT2D eigenvalue weighted by molar-refractivity contribution is 6.02. The Labute approximate surface area is 195 Å². The minimum atomic E-state index is 0.134. The van der Waals surface area contributed by atoms with Crippen molar-refractivity contribution in [1.29, 1.82) is 0 Å². The van der Waals surface area contributed by atoms with Gasteiger partial charge in [0.1, 0.15) is 5.75 Å². The number of para-hydroxylation sites is 1. The summed E-state index contributed by atoms with van der Waals surface area (Å²) >= 11 is 0. The molecule has 0 bridgehead atoms. The molecule has 0 aliphatic heterocycles. The first-order valence-electron chi connectivity index (χ1n) is 10.7.